The summed E-state index contributed by atoms with van der Waals surface area (Å²) in [4.78, 5) is 28.6. The first-order valence-electron chi connectivity index (χ1n) is 10.2. The van der Waals surface area contributed by atoms with E-state index in [1.807, 2.05) is 30.3 Å². The van der Waals surface area contributed by atoms with Crippen molar-refractivity contribution in [3.63, 3.8) is 0 Å². The van der Waals surface area contributed by atoms with Gasteiger partial charge >= 0.3 is 6.36 Å². The number of nitrogens with zero attached hydrogens (tertiary/aromatic N) is 1. The van der Waals surface area contributed by atoms with Crippen molar-refractivity contribution in [1.82, 2.24) is 10.3 Å². The number of hydrogen-bond acceptors (Lipinski definition) is 6. The number of hydrogen-bond donors (Lipinski definition) is 3. The van der Waals surface area contributed by atoms with E-state index in [9.17, 15) is 22.8 Å². The van der Waals surface area contributed by atoms with Crippen LogP contribution in [0.5, 0.6) is 5.75 Å². The third-order valence-corrected chi connectivity index (χ3v) is 4.88. The minimum Gasteiger partial charge on any atom is -0.406 e. The summed E-state index contributed by atoms with van der Waals surface area (Å²) in [7, 11) is 0. The van der Waals surface area contributed by atoms with Crippen molar-refractivity contribution in [2.75, 3.05) is 11.9 Å². The molecule has 0 spiro atoms. The lowest BCUT2D eigenvalue weighted by atomic mass is 10.1. The molecule has 0 aliphatic carbocycles. The van der Waals surface area contributed by atoms with E-state index in [0.29, 0.717) is 10.2 Å². The van der Waals surface area contributed by atoms with E-state index >= 15 is 0 Å². The Labute approximate surface area is 193 Å². The molecule has 4 N–H and O–H groups in total. The van der Waals surface area contributed by atoms with E-state index in [2.05, 4.69) is 34.2 Å². The predicted octanol–water partition coefficient (Wildman–Crippen LogP) is 4.24. The second kappa shape index (κ2) is 12.2. The summed E-state index contributed by atoms with van der Waals surface area (Å²) in [6.45, 7) is 3.97. The van der Waals surface area contributed by atoms with Gasteiger partial charge in [0.05, 0.1) is 16.8 Å². The first-order valence-corrected chi connectivity index (χ1v) is 11.0. The number of nitrogens with two attached hydrogens (primary N) is 1. The van der Waals surface area contributed by atoms with Gasteiger partial charge in [-0.15, -0.1) is 13.2 Å². The zero-order chi connectivity index (χ0) is 24.4. The van der Waals surface area contributed by atoms with Crippen LogP contribution in [0, 0.1) is 0 Å². The highest BCUT2D eigenvalue weighted by molar-refractivity contribution is 7.22. The molecule has 33 heavy (non-hydrogen) atoms. The van der Waals surface area contributed by atoms with Gasteiger partial charge in [-0.1, -0.05) is 61.9 Å². The third kappa shape index (κ3) is 8.70. The van der Waals surface area contributed by atoms with Gasteiger partial charge < -0.3 is 21.1 Å². The molecule has 3 aromatic rings. The van der Waals surface area contributed by atoms with Crippen molar-refractivity contribution in [3.8, 4) is 5.75 Å². The number of carbonyl (C=O) groups excluding carboxylic acids is 2. The highest BCUT2D eigenvalue weighted by Gasteiger charge is 2.31. The van der Waals surface area contributed by atoms with Crippen molar-refractivity contribution < 1.29 is 27.5 Å². The molecule has 7 nitrogen and oxygen atoms in total. The second-order valence-corrected chi connectivity index (χ2v) is 7.94. The first kappa shape index (κ1) is 26.1. The Morgan fingerprint density at radius 1 is 1.15 bits per heavy atom. The van der Waals surface area contributed by atoms with Crippen LogP contribution in [0.25, 0.3) is 10.2 Å². The average molecular weight is 483 g/mol. The number of aromatic nitrogens is 1. The fraction of sp³-hybridized carbons (Fsp3) is 0.318. The summed E-state index contributed by atoms with van der Waals surface area (Å²) in [5.74, 6) is -1.40. The van der Waals surface area contributed by atoms with Crippen LogP contribution in [0.1, 0.15) is 25.8 Å². The zero-order valence-corrected chi connectivity index (χ0v) is 18.9. The molecule has 1 aromatic heterocycles. The molecule has 2 amide bonds. The van der Waals surface area contributed by atoms with Crippen molar-refractivity contribution in [1.29, 1.82) is 0 Å². The molecule has 0 bridgehead atoms. The molecule has 0 saturated carbocycles. The Morgan fingerprint density at radius 2 is 1.82 bits per heavy atom. The van der Waals surface area contributed by atoms with E-state index in [0.717, 1.165) is 23.0 Å². The summed E-state index contributed by atoms with van der Waals surface area (Å²) in [6, 6.07) is 11.9. The Kier molecular flexibility index (Phi) is 9.61. The Balaban J connectivity index is 0.00000122. The Hall–Kier alpha value is -3.18. The van der Waals surface area contributed by atoms with E-state index in [-0.39, 0.29) is 23.8 Å². The molecule has 0 aliphatic heterocycles. The van der Waals surface area contributed by atoms with E-state index in [1.165, 1.54) is 18.6 Å². The normalized spacial score (nSPS) is 11.8. The number of alkyl halides is 3. The van der Waals surface area contributed by atoms with Crippen LogP contribution in [-0.4, -0.2) is 35.7 Å². The second-order valence-electron chi connectivity index (χ2n) is 6.91. The molecular weight excluding hydrogens is 457 g/mol. The molecule has 0 saturated heterocycles. The molecule has 11 heteroatoms. The van der Waals surface area contributed by atoms with E-state index in [4.69, 9.17) is 5.73 Å². The SMILES string of the molecule is CCC.NCC(=O)NC(Cc1ccccc1)C(=O)Nc1nc2ccc(OC(F)(F)F)cc2s1. The smallest absolute Gasteiger partial charge is 0.406 e. The topological polar surface area (TPSA) is 106 Å². The van der Waals surface area contributed by atoms with Crippen LogP contribution >= 0.6 is 11.3 Å². The quantitative estimate of drug-likeness (QED) is 0.467. The Morgan fingerprint density at radius 3 is 2.42 bits per heavy atom. The fourth-order valence-electron chi connectivity index (χ4n) is 2.66. The highest BCUT2D eigenvalue weighted by Crippen LogP contribution is 2.31. The average Bonchev–Trinajstić information content (AvgIpc) is 3.14. The van der Waals surface area contributed by atoms with Crippen LogP contribution in [0.15, 0.2) is 48.5 Å². The molecule has 3 rings (SSSR count). The fourth-order valence-corrected chi connectivity index (χ4v) is 3.56. The van der Waals surface area contributed by atoms with Crippen molar-refractivity contribution >= 4 is 38.5 Å². The van der Waals surface area contributed by atoms with Gasteiger partial charge in [0, 0.05) is 12.5 Å². The number of ether oxygens (including phenoxy) is 1. The lowest BCUT2D eigenvalue weighted by Gasteiger charge is -2.17. The zero-order valence-electron chi connectivity index (χ0n) is 18.1. The molecular formula is C22H25F3N4O3S. The summed E-state index contributed by atoms with van der Waals surface area (Å²) >= 11 is 0.986. The largest absolute Gasteiger partial charge is 0.573 e. The van der Waals surface area contributed by atoms with Crippen LogP contribution in [0.3, 0.4) is 0 Å². The minimum absolute atomic E-state index is 0.180. The van der Waals surface area contributed by atoms with Gasteiger partial charge in [0.1, 0.15) is 11.8 Å². The molecule has 0 aliphatic rings. The lowest BCUT2D eigenvalue weighted by molar-refractivity contribution is -0.274. The molecule has 1 unspecified atom stereocenters. The van der Waals surface area contributed by atoms with Gasteiger partial charge in [-0.05, 0) is 17.7 Å². The molecule has 2 aromatic carbocycles. The summed E-state index contributed by atoms with van der Waals surface area (Å²) in [5.41, 5.74) is 6.55. The number of thiazole rings is 1. The van der Waals surface area contributed by atoms with Crippen molar-refractivity contribution in [2.45, 2.75) is 39.1 Å². The molecule has 1 atom stereocenters. The van der Waals surface area contributed by atoms with Crippen LogP contribution < -0.4 is 21.1 Å². The molecule has 0 fully saturated rings. The molecule has 1 heterocycles. The number of anilines is 1. The minimum atomic E-state index is -4.80. The number of halogens is 3. The maximum Gasteiger partial charge on any atom is 0.573 e. The summed E-state index contributed by atoms with van der Waals surface area (Å²) in [6.07, 6.45) is -3.33. The lowest BCUT2D eigenvalue weighted by Crippen LogP contribution is -2.47. The van der Waals surface area contributed by atoms with Gasteiger partial charge in [-0.2, -0.15) is 0 Å². The number of rotatable bonds is 7. The number of fused-ring (bicyclic) bond motifs is 1. The Bertz CT molecular complexity index is 1060. The standard InChI is InChI=1S/C19H17F3N4O3S.C3H8/c20-19(21,22)29-12-6-7-13-15(9-12)30-18(25-13)26-17(28)14(24-16(27)10-23)8-11-4-2-1-3-5-11;1-3-2/h1-7,9,14H,8,10,23H2,(H,24,27)(H,25,26,28);3H2,1-2H3. The number of carbonyl (C=O) groups is 2. The van der Waals surface area contributed by atoms with Gasteiger partial charge in [0.15, 0.2) is 5.13 Å². The maximum atomic E-state index is 12.7. The first-order chi connectivity index (χ1) is 15.6. The van der Waals surface area contributed by atoms with Gasteiger partial charge in [-0.25, -0.2) is 4.98 Å². The van der Waals surface area contributed by atoms with Crippen molar-refractivity contribution in [3.05, 3.63) is 54.1 Å². The van der Waals surface area contributed by atoms with Gasteiger partial charge in [-0.3, -0.25) is 9.59 Å². The molecule has 0 radical (unpaired) electrons. The number of benzene rings is 2. The number of amides is 2. The maximum absolute atomic E-state index is 12.7. The van der Waals surface area contributed by atoms with Crippen molar-refractivity contribution in [2.24, 2.45) is 5.73 Å². The number of nitrogens with one attached hydrogen (secondary N) is 2. The van der Waals surface area contributed by atoms with Gasteiger partial charge in [0.2, 0.25) is 11.8 Å². The predicted molar refractivity (Wildman–Crippen MR) is 122 cm³/mol. The third-order valence-electron chi connectivity index (χ3n) is 3.94. The van der Waals surface area contributed by atoms with Crippen LogP contribution in [0.4, 0.5) is 18.3 Å². The van der Waals surface area contributed by atoms with Crippen LogP contribution in [-0.2, 0) is 16.0 Å². The van der Waals surface area contributed by atoms with Gasteiger partial charge in [0.25, 0.3) is 0 Å². The summed E-state index contributed by atoms with van der Waals surface area (Å²) in [5, 5.41) is 5.34. The highest BCUT2D eigenvalue weighted by atomic mass is 32.1. The monoisotopic (exact) mass is 482 g/mol. The van der Waals surface area contributed by atoms with E-state index in [1.54, 1.807) is 0 Å². The van der Waals surface area contributed by atoms with Crippen LogP contribution in [0.2, 0.25) is 0 Å². The molecule has 178 valence electrons. The van der Waals surface area contributed by atoms with E-state index < -0.39 is 24.2 Å². The summed E-state index contributed by atoms with van der Waals surface area (Å²) < 4.78 is 41.4.